The number of ether oxygens (including phenoxy) is 2. The molecule has 0 aliphatic carbocycles. The Labute approximate surface area is 127 Å². The monoisotopic (exact) mass is 346 g/mol. The Hall–Kier alpha value is -0.200. The van der Waals surface area contributed by atoms with Crippen molar-refractivity contribution in [2.45, 2.75) is 17.7 Å². The van der Waals surface area contributed by atoms with Crippen LogP contribution < -0.4 is 4.74 Å². The van der Waals surface area contributed by atoms with Crippen molar-refractivity contribution in [3.63, 3.8) is 0 Å². The minimum atomic E-state index is -3.92. The van der Waals surface area contributed by atoms with Crippen LogP contribution in [-0.4, -0.2) is 28.7 Å². The summed E-state index contributed by atoms with van der Waals surface area (Å²) in [5.74, 6) is 0.327. The second kappa shape index (κ2) is 7.55. The molecule has 0 aliphatic heterocycles. The highest BCUT2D eigenvalue weighted by Gasteiger charge is 2.19. The summed E-state index contributed by atoms with van der Waals surface area (Å²) >= 11 is 11.8. The Morgan fingerprint density at radius 1 is 1.11 bits per heavy atom. The predicted molar refractivity (Wildman–Crippen MR) is 76.1 cm³/mol. The molecule has 1 rings (SSSR count). The van der Waals surface area contributed by atoms with Gasteiger partial charge in [-0.1, -0.05) is 23.2 Å². The highest BCUT2D eigenvalue weighted by Crippen LogP contribution is 2.37. The Balaban J connectivity index is 2.75. The number of hydrogen-bond acceptors (Lipinski definition) is 4. The van der Waals surface area contributed by atoms with Crippen LogP contribution in [0.1, 0.15) is 12.8 Å². The molecule has 19 heavy (non-hydrogen) atoms. The van der Waals surface area contributed by atoms with Crippen molar-refractivity contribution in [1.82, 2.24) is 0 Å². The quantitative estimate of drug-likeness (QED) is 0.557. The van der Waals surface area contributed by atoms with Crippen LogP contribution in [0.3, 0.4) is 0 Å². The van der Waals surface area contributed by atoms with E-state index < -0.39 is 9.05 Å². The van der Waals surface area contributed by atoms with Gasteiger partial charge in [0.2, 0.25) is 0 Å². The van der Waals surface area contributed by atoms with E-state index in [1.807, 2.05) is 0 Å². The topological polar surface area (TPSA) is 52.6 Å². The summed E-state index contributed by atoms with van der Waals surface area (Å²) < 4.78 is 32.8. The van der Waals surface area contributed by atoms with Crippen molar-refractivity contribution in [3.05, 3.63) is 22.2 Å². The van der Waals surface area contributed by atoms with Gasteiger partial charge in [0.15, 0.2) is 0 Å². The molecule has 1 aromatic carbocycles. The Kier molecular flexibility index (Phi) is 6.69. The molecule has 0 saturated heterocycles. The first kappa shape index (κ1) is 16.9. The average Bonchev–Trinajstić information content (AvgIpc) is 2.32. The summed E-state index contributed by atoms with van der Waals surface area (Å²) in [4.78, 5) is -0.229. The molecule has 8 heteroatoms. The molecule has 0 aromatic heterocycles. The molecule has 0 radical (unpaired) electrons. The molecule has 1 aromatic rings. The minimum absolute atomic E-state index is 0.0372. The van der Waals surface area contributed by atoms with E-state index in [-0.39, 0.29) is 14.9 Å². The fourth-order valence-electron chi connectivity index (χ4n) is 1.34. The Morgan fingerprint density at radius 3 is 2.32 bits per heavy atom. The smallest absolute Gasteiger partial charge is 0.262 e. The van der Waals surface area contributed by atoms with Gasteiger partial charge < -0.3 is 9.47 Å². The van der Waals surface area contributed by atoms with Crippen molar-refractivity contribution in [3.8, 4) is 5.75 Å². The minimum Gasteiger partial charge on any atom is -0.492 e. The van der Waals surface area contributed by atoms with Gasteiger partial charge in [0.1, 0.15) is 15.7 Å². The van der Waals surface area contributed by atoms with Crippen molar-refractivity contribution in [2.75, 3.05) is 20.3 Å². The number of rotatable bonds is 7. The maximum absolute atomic E-state index is 11.2. The van der Waals surface area contributed by atoms with E-state index in [4.69, 9.17) is 43.4 Å². The van der Waals surface area contributed by atoms with E-state index in [0.717, 1.165) is 12.8 Å². The van der Waals surface area contributed by atoms with Gasteiger partial charge in [-0.15, -0.1) is 0 Å². The van der Waals surface area contributed by atoms with Gasteiger partial charge in [-0.2, -0.15) is 0 Å². The van der Waals surface area contributed by atoms with Gasteiger partial charge >= 0.3 is 0 Å². The lowest BCUT2D eigenvalue weighted by Gasteiger charge is -2.10. The van der Waals surface area contributed by atoms with Gasteiger partial charge in [0.05, 0.1) is 11.6 Å². The predicted octanol–water partition coefficient (Wildman–Crippen LogP) is 3.73. The zero-order valence-corrected chi connectivity index (χ0v) is 13.2. The van der Waals surface area contributed by atoms with Crippen molar-refractivity contribution in [1.29, 1.82) is 0 Å². The summed E-state index contributed by atoms with van der Waals surface area (Å²) in [5.41, 5.74) is 0. The SMILES string of the molecule is COCCCCOc1ccc(S(=O)(=O)Cl)c(Cl)c1Cl. The van der Waals surface area contributed by atoms with E-state index in [1.165, 1.54) is 12.1 Å². The molecule has 4 nitrogen and oxygen atoms in total. The van der Waals surface area contributed by atoms with Crippen LogP contribution in [0.5, 0.6) is 5.75 Å². The third-order valence-electron chi connectivity index (χ3n) is 2.27. The van der Waals surface area contributed by atoms with Crippen LogP contribution in [0.4, 0.5) is 0 Å². The fourth-order valence-corrected chi connectivity index (χ4v) is 3.13. The first-order chi connectivity index (χ1) is 8.88. The first-order valence-corrected chi connectivity index (χ1v) is 8.49. The van der Waals surface area contributed by atoms with Crippen LogP contribution in [0.15, 0.2) is 17.0 Å². The van der Waals surface area contributed by atoms with Crippen molar-refractivity contribution >= 4 is 42.9 Å². The van der Waals surface area contributed by atoms with E-state index >= 15 is 0 Å². The number of unbranched alkanes of at least 4 members (excludes halogenated alkanes) is 1. The molecule has 0 unspecified atom stereocenters. The third-order valence-corrected chi connectivity index (χ3v) is 4.62. The van der Waals surface area contributed by atoms with Gasteiger partial charge in [0.25, 0.3) is 9.05 Å². The molecule has 0 aliphatic rings. The lowest BCUT2D eigenvalue weighted by molar-refractivity contribution is 0.184. The summed E-state index contributed by atoms with van der Waals surface area (Å²) in [7, 11) is 2.93. The summed E-state index contributed by atoms with van der Waals surface area (Å²) in [6.45, 7) is 1.09. The van der Waals surface area contributed by atoms with Crippen LogP contribution in [0, 0.1) is 0 Å². The molecule has 0 fully saturated rings. The van der Waals surface area contributed by atoms with Gasteiger partial charge in [-0.05, 0) is 25.0 Å². The Bertz CT molecular complexity index is 531. The lowest BCUT2D eigenvalue weighted by Crippen LogP contribution is -2.01. The number of hydrogen-bond donors (Lipinski definition) is 0. The van der Waals surface area contributed by atoms with Crippen LogP contribution in [0.2, 0.25) is 10.0 Å². The second-order valence-electron chi connectivity index (χ2n) is 3.68. The maximum Gasteiger partial charge on any atom is 0.262 e. The van der Waals surface area contributed by atoms with E-state index in [2.05, 4.69) is 0 Å². The second-order valence-corrected chi connectivity index (χ2v) is 6.97. The lowest BCUT2D eigenvalue weighted by atomic mass is 10.3. The van der Waals surface area contributed by atoms with E-state index in [1.54, 1.807) is 7.11 Å². The molecule has 108 valence electrons. The van der Waals surface area contributed by atoms with E-state index in [9.17, 15) is 8.42 Å². The molecule has 0 atom stereocenters. The maximum atomic E-state index is 11.2. The van der Waals surface area contributed by atoms with E-state index in [0.29, 0.717) is 19.0 Å². The zero-order valence-electron chi connectivity index (χ0n) is 10.2. The number of methoxy groups -OCH3 is 1. The van der Waals surface area contributed by atoms with Gasteiger partial charge in [-0.3, -0.25) is 0 Å². The third kappa shape index (κ3) is 5.00. The summed E-state index contributed by atoms with van der Waals surface area (Å²) in [6.07, 6.45) is 1.65. The average molecular weight is 348 g/mol. The summed E-state index contributed by atoms with van der Waals surface area (Å²) in [5, 5.41) is -0.0961. The molecule has 0 heterocycles. The molecule has 0 spiro atoms. The highest BCUT2D eigenvalue weighted by atomic mass is 35.7. The molecule has 0 N–H and O–H groups in total. The van der Waals surface area contributed by atoms with Crippen LogP contribution in [0.25, 0.3) is 0 Å². The van der Waals surface area contributed by atoms with Crippen molar-refractivity contribution in [2.24, 2.45) is 0 Å². The van der Waals surface area contributed by atoms with Gasteiger partial charge in [0, 0.05) is 24.4 Å². The zero-order chi connectivity index (χ0) is 14.5. The molecule has 0 saturated carbocycles. The number of benzene rings is 1. The Morgan fingerprint density at radius 2 is 1.74 bits per heavy atom. The van der Waals surface area contributed by atoms with Crippen LogP contribution >= 0.6 is 33.9 Å². The molecular weight excluding hydrogens is 335 g/mol. The highest BCUT2D eigenvalue weighted by molar-refractivity contribution is 8.13. The fraction of sp³-hybridized carbons (Fsp3) is 0.455. The number of halogens is 3. The molecule has 0 bridgehead atoms. The van der Waals surface area contributed by atoms with Crippen LogP contribution in [-0.2, 0) is 13.8 Å². The largest absolute Gasteiger partial charge is 0.492 e. The van der Waals surface area contributed by atoms with Crippen molar-refractivity contribution < 1.29 is 17.9 Å². The molecule has 0 amide bonds. The molecular formula is C11H13Cl3O4S. The van der Waals surface area contributed by atoms with Gasteiger partial charge in [-0.25, -0.2) is 8.42 Å². The summed E-state index contributed by atoms with van der Waals surface area (Å²) in [6, 6.07) is 2.70. The first-order valence-electron chi connectivity index (χ1n) is 5.42. The normalized spacial score (nSPS) is 11.6. The standard InChI is InChI=1S/C11H13Cl3O4S/c1-17-6-2-3-7-18-8-4-5-9(19(14,15)16)11(13)10(8)12/h4-5H,2-3,6-7H2,1H3.